The van der Waals surface area contributed by atoms with Crippen LogP contribution in [0.2, 0.25) is 5.02 Å². The van der Waals surface area contributed by atoms with Crippen LogP contribution in [0.1, 0.15) is 11.4 Å². The minimum atomic E-state index is -0.325. The fourth-order valence-electron chi connectivity index (χ4n) is 2.21. The van der Waals surface area contributed by atoms with Gasteiger partial charge in [0.05, 0.1) is 11.4 Å². The minimum Gasteiger partial charge on any atom is -0.308 e. The molecule has 0 radical (unpaired) electrons. The third-order valence-corrected chi connectivity index (χ3v) is 3.73. The van der Waals surface area contributed by atoms with Crippen molar-refractivity contribution in [2.24, 2.45) is 0 Å². The van der Waals surface area contributed by atoms with Gasteiger partial charge in [0.25, 0.3) is 0 Å². The number of anilines is 2. The van der Waals surface area contributed by atoms with Gasteiger partial charge in [-0.05, 0) is 50.2 Å². The number of pyridine rings is 1. The van der Waals surface area contributed by atoms with Gasteiger partial charge in [0.15, 0.2) is 5.65 Å². The maximum atomic E-state index is 12.1. The molecule has 3 rings (SSSR count). The fraction of sp³-hybridized carbons (Fsp3) is 0.125. The molecule has 0 saturated heterocycles. The maximum Gasteiger partial charge on any atom is 0.323 e. The number of imidazole rings is 1. The van der Waals surface area contributed by atoms with Crippen molar-refractivity contribution in [2.75, 3.05) is 10.6 Å². The molecule has 3 aromatic rings. The average Bonchev–Trinajstić information content (AvgIpc) is 2.78. The van der Waals surface area contributed by atoms with Gasteiger partial charge in [-0.25, -0.2) is 9.78 Å². The van der Waals surface area contributed by atoms with E-state index in [9.17, 15) is 4.79 Å². The number of aromatic nitrogens is 2. The molecular formula is C16H15ClN4O. The number of nitrogens with zero attached hydrogens (tertiary/aromatic N) is 2. The lowest BCUT2D eigenvalue weighted by Gasteiger charge is -2.09. The summed E-state index contributed by atoms with van der Waals surface area (Å²) in [6.45, 7) is 3.94. The van der Waals surface area contributed by atoms with Crippen molar-refractivity contribution in [3.05, 3.63) is 59.0 Å². The molecule has 0 unspecified atom stereocenters. The van der Waals surface area contributed by atoms with Crippen LogP contribution >= 0.6 is 11.6 Å². The molecule has 1 aromatic carbocycles. The first-order valence-electron chi connectivity index (χ1n) is 6.82. The van der Waals surface area contributed by atoms with Crippen molar-refractivity contribution in [1.29, 1.82) is 0 Å². The van der Waals surface area contributed by atoms with Crippen LogP contribution in [-0.2, 0) is 0 Å². The summed E-state index contributed by atoms with van der Waals surface area (Å²) in [6.07, 6.45) is 1.92. The van der Waals surface area contributed by atoms with E-state index >= 15 is 0 Å². The van der Waals surface area contributed by atoms with Gasteiger partial charge in [-0.1, -0.05) is 11.6 Å². The van der Waals surface area contributed by atoms with Gasteiger partial charge in [0, 0.05) is 22.6 Å². The highest BCUT2D eigenvalue weighted by Crippen LogP contribution is 2.20. The smallest absolute Gasteiger partial charge is 0.308 e. The van der Waals surface area contributed by atoms with Gasteiger partial charge in [-0.2, -0.15) is 0 Å². The molecule has 2 N–H and O–H groups in total. The molecule has 0 bridgehead atoms. The third kappa shape index (κ3) is 2.76. The highest BCUT2D eigenvalue weighted by Gasteiger charge is 2.10. The average molecular weight is 315 g/mol. The number of nitrogens with one attached hydrogen (secondary N) is 2. The Kier molecular flexibility index (Phi) is 3.73. The van der Waals surface area contributed by atoms with Gasteiger partial charge in [-0.15, -0.1) is 0 Å². The van der Waals surface area contributed by atoms with Gasteiger partial charge in [-0.3, -0.25) is 0 Å². The molecule has 5 nitrogen and oxygen atoms in total. The summed E-state index contributed by atoms with van der Waals surface area (Å²) in [6, 6.07) is 10.3. The first-order valence-corrected chi connectivity index (χ1v) is 7.20. The summed E-state index contributed by atoms with van der Waals surface area (Å²) >= 11 is 5.82. The summed E-state index contributed by atoms with van der Waals surface area (Å²) in [5.74, 6) is 0. The quantitative estimate of drug-likeness (QED) is 0.743. The Morgan fingerprint density at radius 2 is 1.86 bits per heavy atom. The van der Waals surface area contributed by atoms with Crippen molar-refractivity contribution in [3.63, 3.8) is 0 Å². The zero-order chi connectivity index (χ0) is 15.7. The van der Waals surface area contributed by atoms with Crippen LogP contribution < -0.4 is 10.6 Å². The van der Waals surface area contributed by atoms with Crippen molar-refractivity contribution in [3.8, 4) is 0 Å². The Morgan fingerprint density at radius 1 is 1.14 bits per heavy atom. The number of fused-ring (bicyclic) bond motifs is 1. The second kappa shape index (κ2) is 5.69. The van der Waals surface area contributed by atoms with E-state index in [1.807, 2.05) is 36.6 Å². The molecule has 0 aliphatic rings. The van der Waals surface area contributed by atoms with Gasteiger partial charge in [0.1, 0.15) is 0 Å². The van der Waals surface area contributed by atoms with Gasteiger partial charge >= 0.3 is 6.03 Å². The fourth-order valence-corrected chi connectivity index (χ4v) is 2.34. The van der Waals surface area contributed by atoms with E-state index in [0.717, 1.165) is 17.0 Å². The number of hydrogen-bond acceptors (Lipinski definition) is 2. The van der Waals surface area contributed by atoms with E-state index in [0.29, 0.717) is 16.4 Å². The summed E-state index contributed by atoms with van der Waals surface area (Å²) in [7, 11) is 0. The van der Waals surface area contributed by atoms with Gasteiger partial charge < -0.3 is 15.0 Å². The maximum absolute atomic E-state index is 12.1. The molecular weight excluding hydrogens is 300 g/mol. The lowest BCUT2D eigenvalue weighted by molar-refractivity contribution is 0.262. The molecule has 0 spiro atoms. The number of carbonyl (C=O) groups is 1. The van der Waals surface area contributed by atoms with Gasteiger partial charge in [0.2, 0.25) is 0 Å². The Morgan fingerprint density at radius 3 is 2.59 bits per heavy atom. The standard InChI is InChI=1S/C16H15ClN4O/c1-10-11(2)21-9-3-4-14(15(21)18-10)20-16(22)19-13-7-5-12(17)6-8-13/h3-9H,1-2H3,(H2,19,20,22). The Hall–Kier alpha value is -2.53. The van der Waals surface area contributed by atoms with Crippen molar-refractivity contribution in [1.82, 2.24) is 9.38 Å². The zero-order valence-corrected chi connectivity index (χ0v) is 13.0. The summed E-state index contributed by atoms with van der Waals surface area (Å²) in [5.41, 5.74) is 4.04. The van der Waals surface area contributed by atoms with E-state index in [4.69, 9.17) is 11.6 Å². The van der Waals surface area contributed by atoms with Crippen molar-refractivity contribution < 1.29 is 4.79 Å². The van der Waals surface area contributed by atoms with Crippen LogP contribution in [0.3, 0.4) is 0 Å². The van der Waals surface area contributed by atoms with Crippen LogP contribution in [0.5, 0.6) is 0 Å². The monoisotopic (exact) mass is 314 g/mol. The molecule has 0 saturated carbocycles. The van der Waals surface area contributed by atoms with Crippen LogP contribution in [0, 0.1) is 13.8 Å². The number of amides is 2. The third-order valence-electron chi connectivity index (χ3n) is 3.48. The molecule has 2 aromatic heterocycles. The van der Waals surface area contributed by atoms with E-state index in [1.165, 1.54) is 0 Å². The Labute approximate surface area is 132 Å². The first-order chi connectivity index (χ1) is 10.5. The van der Waals surface area contributed by atoms with E-state index in [-0.39, 0.29) is 6.03 Å². The number of carbonyl (C=O) groups excluding carboxylic acids is 1. The molecule has 0 aliphatic carbocycles. The van der Waals surface area contributed by atoms with E-state index in [1.54, 1.807) is 24.3 Å². The van der Waals surface area contributed by atoms with Crippen LogP contribution in [0.25, 0.3) is 5.65 Å². The van der Waals surface area contributed by atoms with Crippen molar-refractivity contribution in [2.45, 2.75) is 13.8 Å². The van der Waals surface area contributed by atoms with Crippen LogP contribution in [0.15, 0.2) is 42.6 Å². The number of benzene rings is 1. The number of rotatable bonds is 2. The topological polar surface area (TPSA) is 58.4 Å². The summed E-state index contributed by atoms with van der Waals surface area (Å²) < 4.78 is 1.95. The van der Waals surface area contributed by atoms with Crippen LogP contribution in [-0.4, -0.2) is 15.4 Å². The number of aryl methyl sites for hydroxylation is 2. The van der Waals surface area contributed by atoms with E-state index in [2.05, 4.69) is 15.6 Å². The predicted molar refractivity (Wildman–Crippen MR) is 88.8 cm³/mol. The lowest BCUT2D eigenvalue weighted by Crippen LogP contribution is -2.19. The highest BCUT2D eigenvalue weighted by atomic mass is 35.5. The molecule has 2 heterocycles. The van der Waals surface area contributed by atoms with Crippen LogP contribution in [0.4, 0.5) is 16.2 Å². The molecule has 2 amide bonds. The number of urea groups is 1. The second-order valence-corrected chi connectivity index (χ2v) is 5.42. The molecule has 112 valence electrons. The zero-order valence-electron chi connectivity index (χ0n) is 12.2. The molecule has 0 fully saturated rings. The highest BCUT2D eigenvalue weighted by molar-refractivity contribution is 6.30. The molecule has 6 heteroatoms. The summed E-state index contributed by atoms with van der Waals surface area (Å²) in [4.78, 5) is 16.6. The number of hydrogen-bond donors (Lipinski definition) is 2. The first kappa shape index (κ1) is 14.4. The molecule has 0 aliphatic heterocycles. The Balaban J connectivity index is 1.82. The SMILES string of the molecule is Cc1nc2c(NC(=O)Nc3ccc(Cl)cc3)cccn2c1C. The normalized spacial score (nSPS) is 10.7. The summed E-state index contributed by atoms with van der Waals surface area (Å²) in [5, 5.41) is 6.20. The molecule has 22 heavy (non-hydrogen) atoms. The van der Waals surface area contributed by atoms with E-state index < -0.39 is 0 Å². The minimum absolute atomic E-state index is 0.325. The Bertz CT molecular complexity index is 839. The number of halogens is 1. The lowest BCUT2D eigenvalue weighted by atomic mass is 10.3. The largest absolute Gasteiger partial charge is 0.323 e. The predicted octanol–water partition coefficient (Wildman–Crippen LogP) is 4.25. The molecule has 0 atom stereocenters. The second-order valence-electron chi connectivity index (χ2n) is 4.98. The van der Waals surface area contributed by atoms with Crippen molar-refractivity contribution >= 4 is 34.7 Å².